The first-order valence-electron chi connectivity index (χ1n) is 7.03. The number of nitrogen functional groups attached to an aromatic ring is 1. The van der Waals surface area contributed by atoms with Crippen LogP contribution in [0.4, 0.5) is 5.82 Å². The van der Waals surface area contributed by atoms with Gasteiger partial charge in [0, 0.05) is 25.3 Å². The first kappa shape index (κ1) is 13.8. The second kappa shape index (κ2) is 5.31. The van der Waals surface area contributed by atoms with Crippen molar-refractivity contribution >= 4 is 15.8 Å². The first-order chi connectivity index (χ1) is 9.57. The zero-order chi connectivity index (χ0) is 14.2. The number of nitrogens with two attached hydrogens (primary N) is 1. The number of sulfonamides is 1. The molecule has 0 aliphatic carbocycles. The van der Waals surface area contributed by atoms with E-state index in [0.717, 1.165) is 25.9 Å². The van der Waals surface area contributed by atoms with Crippen LogP contribution in [0.15, 0.2) is 23.2 Å². The fourth-order valence-corrected chi connectivity index (χ4v) is 4.55. The van der Waals surface area contributed by atoms with Gasteiger partial charge in [-0.25, -0.2) is 13.4 Å². The van der Waals surface area contributed by atoms with Crippen LogP contribution in [0.1, 0.15) is 19.3 Å². The van der Waals surface area contributed by atoms with Crippen LogP contribution in [0.2, 0.25) is 0 Å². The van der Waals surface area contributed by atoms with E-state index in [0.29, 0.717) is 24.9 Å². The summed E-state index contributed by atoms with van der Waals surface area (Å²) in [4.78, 5) is 6.54. The lowest BCUT2D eigenvalue weighted by Crippen LogP contribution is -2.39. The van der Waals surface area contributed by atoms with Crippen LogP contribution in [0.3, 0.4) is 0 Å². The monoisotopic (exact) mass is 296 g/mol. The number of fused-ring (bicyclic) bond motifs is 1. The Balaban J connectivity index is 1.84. The summed E-state index contributed by atoms with van der Waals surface area (Å²) >= 11 is 0. The van der Waals surface area contributed by atoms with Crippen molar-refractivity contribution in [3.63, 3.8) is 0 Å². The van der Waals surface area contributed by atoms with Gasteiger partial charge in [0.15, 0.2) is 0 Å². The van der Waals surface area contributed by atoms with Gasteiger partial charge in [0.2, 0.25) is 10.0 Å². The van der Waals surface area contributed by atoms with Gasteiger partial charge in [0.25, 0.3) is 0 Å². The van der Waals surface area contributed by atoms with E-state index in [-0.39, 0.29) is 4.90 Å². The maximum atomic E-state index is 12.7. The van der Waals surface area contributed by atoms with Crippen molar-refractivity contribution in [1.82, 2.24) is 14.2 Å². The summed E-state index contributed by atoms with van der Waals surface area (Å²) < 4.78 is 26.9. The molecule has 3 rings (SSSR count). The number of hydrogen-bond acceptors (Lipinski definition) is 5. The topological polar surface area (TPSA) is 79.5 Å². The van der Waals surface area contributed by atoms with Gasteiger partial charge in [-0.2, -0.15) is 4.31 Å². The van der Waals surface area contributed by atoms with Crippen molar-refractivity contribution in [2.45, 2.75) is 30.2 Å². The number of hydrogen-bond donors (Lipinski definition) is 1. The van der Waals surface area contributed by atoms with Gasteiger partial charge < -0.3 is 5.73 Å². The number of aromatic nitrogens is 1. The molecule has 0 amide bonds. The third-order valence-corrected chi connectivity index (χ3v) is 6.01. The number of rotatable bonds is 2. The largest absolute Gasteiger partial charge is 0.384 e. The van der Waals surface area contributed by atoms with E-state index in [1.165, 1.54) is 24.8 Å². The highest BCUT2D eigenvalue weighted by atomic mass is 32.2. The van der Waals surface area contributed by atoms with Gasteiger partial charge in [-0.1, -0.05) is 0 Å². The molecule has 2 N–H and O–H groups in total. The van der Waals surface area contributed by atoms with E-state index in [9.17, 15) is 8.42 Å². The van der Waals surface area contributed by atoms with Crippen molar-refractivity contribution in [2.24, 2.45) is 0 Å². The molecule has 2 fully saturated rings. The fourth-order valence-electron chi connectivity index (χ4n) is 3.08. The average Bonchev–Trinajstić information content (AvgIpc) is 2.76. The molecule has 1 unspecified atom stereocenters. The molecule has 0 radical (unpaired) electrons. The highest BCUT2D eigenvalue weighted by Crippen LogP contribution is 2.25. The quantitative estimate of drug-likeness (QED) is 0.861. The van der Waals surface area contributed by atoms with Crippen LogP contribution in [-0.2, 0) is 10.0 Å². The van der Waals surface area contributed by atoms with Crippen molar-refractivity contribution in [3.8, 4) is 0 Å². The molecule has 2 aliphatic heterocycles. The van der Waals surface area contributed by atoms with Crippen LogP contribution in [0, 0.1) is 0 Å². The van der Waals surface area contributed by atoms with Crippen LogP contribution in [0.25, 0.3) is 0 Å². The molecule has 0 saturated carbocycles. The molecule has 1 aromatic heterocycles. The second-order valence-electron chi connectivity index (χ2n) is 5.47. The Morgan fingerprint density at radius 2 is 2.00 bits per heavy atom. The molecule has 0 spiro atoms. The predicted molar refractivity (Wildman–Crippen MR) is 76.6 cm³/mol. The van der Waals surface area contributed by atoms with Crippen molar-refractivity contribution in [3.05, 3.63) is 18.3 Å². The summed E-state index contributed by atoms with van der Waals surface area (Å²) in [5.74, 6) is 0.335. The summed E-state index contributed by atoms with van der Waals surface area (Å²) in [5, 5.41) is 0. The summed E-state index contributed by atoms with van der Waals surface area (Å²) in [7, 11) is -3.45. The van der Waals surface area contributed by atoms with Gasteiger partial charge in [-0.15, -0.1) is 0 Å². The highest BCUT2D eigenvalue weighted by Gasteiger charge is 2.34. The van der Waals surface area contributed by atoms with E-state index < -0.39 is 10.0 Å². The molecule has 20 heavy (non-hydrogen) atoms. The maximum absolute atomic E-state index is 12.7. The molecule has 2 saturated heterocycles. The van der Waals surface area contributed by atoms with Crippen LogP contribution < -0.4 is 5.73 Å². The lowest BCUT2D eigenvalue weighted by Gasteiger charge is -2.25. The number of pyridine rings is 1. The summed E-state index contributed by atoms with van der Waals surface area (Å²) in [6.07, 6.45) is 4.49. The second-order valence-corrected chi connectivity index (χ2v) is 7.41. The van der Waals surface area contributed by atoms with Crippen LogP contribution >= 0.6 is 0 Å². The Kier molecular flexibility index (Phi) is 3.66. The van der Waals surface area contributed by atoms with Gasteiger partial charge in [0.1, 0.15) is 10.7 Å². The van der Waals surface area contributed by atoms with Crippen molar-refractivity contribution in [2.75, 3.05) is 31.9 Å². The fraction of sp³-hybridized carbons (Fsp3) is 0.615. The predicted octanol–water partition coefficient (Wildman–Crippen LogP) is 0.523. The lowest BCUT2D eigenvalue weighted by molar-refractivity contribution is 0.257. The molecule has 1 atom stereocenters. The van der Waals surface area contributed by atoms with Crippen LogP contribution in [0.5, 0.6) is 0 Å². The molecular weight excluding hydrogens is 276 g/mol. The number of anilines is 1. The molecule has 110 valence electrons. The van der Waals surface area contributed by atoms with Gasteiger partial charge in [0.05, 0.1) is 0 Å². The normalized spacial score (nSPS) is 25.3. The van der Waals surface area contributed by atoms with Crippen molar-refractivity contribution < 1.29 is 8.42 Å². The summed E-state index contributed by atoms with van der Waals surface area (Å²) in [6, 6.07) is 3.44. The molecule has 3 heterocycles. The molecule has 0 aromatic carbocycles. The molecule has 0 bridgehead atoms. The van der Waals surface area contributed by atoms with E-state index in [4.69, 9.17) is 5.73 Å². The van der Waals surface area contributed by atoms with Gasteiger partial charge in [-0.3, -0.25) is 4.90 Å². The Labute approximate surface area is 119 Å². The average molecular weight is 296 g/mol. The molecule has 1 aromatic rings. The Morgan fingerprint density at radius 3 is 2.75 bits per heavy atom. The smallest absolute Gasteiger partial charge is 0.244 e. The van der Waals surface area contributed by atoms with E-state index >= 15 is 0 Å². The zero-order valence-electron chi connectivity index (χ0n) is 11.4. The van der Waals surface area contributed by atoms with E-state index in [1.807, 2.05) is 0 Å². The Bertz CT molecular complexity index is 573. The third kappa shape index (κ3) is 2.53. The maximum Gasteiger partial charge on any atom is 0.244 e. The molecular formula is C13H20N4O2S. The Hall–Kier alpha value is -1.18. The highest BCUT2D eigenvalue weighted by molar-refractivity contribution is 7.89. The lowest BCUT2D eigenvalue weighted by atomic mass is 10.2. The minimum Gasteiger partial charge on any atom is -0.384 e. The van der Waals surface area contributed by atoms with Crippen LogP contribution in [-0.4, -0.2) is 54.8 Å². The Morgan fingerprint density at radius 1 is 1.20 bits per heavy atom. The SMILES string of the molecule is Nc1ccc(S(=O)(=O)N2CCCN3CCCC3C2)cn1. The standard InChI is InChI=1S/C13H20N4O2S/c14-13-5-4-12(9-15-13)20(18,19)17-8-2-7-16-6-1-3-11(16)10-17/h4-5,9,11H,1-3,6-8,10H2,(H2,14,15). The van der Waals surface area contributed by atoms with Crippen molar-refractivity contribution in [1.29, 1.82) is 0 Å². The zero-order valence-corrected chi connectivity index (χ0v) is 12.2. The van der Waals surface area contributed by atoms with E-state index in [1.54, 1.807) is 4.31 Å². The minimum absolute atomic E-state index is 0.234. The molecule has 7 heteroatoms. The van der Waals surface area contributed by atoms with Gasteiger partial charge >= 0.3 is 0 Å². The summed E-state index contributed by atoms with van der Waals surface area (Å²) in [5.41, 5.74) is 5.52. The molecule has 2 aliphatic rings. The minimum atomic E-state index is -3.45. The van der Waals surface area contributed by atoms with E-state index in [2.05, 4.69) is 9.88 Å². The molecule has 6 nitrogen and oxygen atoms in total. The van der Waals surface area contributed by atoms with Gasteiger partial charge in [-0.05, 0) is 44.5 Å². The first-order valence-corrected chi connectivity index (χ1v) is 8.47. The third-order valence-electron chi connectivity index (χ3n) is 4.16. The number of nitrogens with zero attached hydrogens (tertiary/aromatic N) is 3. The summed E-state index contributed by atoms with van der Waals surface area (Å²) in [6.45, 7) is 3.27.